The van der Waals surface area contributed by atoms with Gasteiger partial charge in [-0.25, -0.2) is 0 Å². The second-order valence-corrected chi connectivity index (χ2v) is 24.6. The van der Waals surface area contributed by atoms with Crippen LogP contribution in [0.5, 0.6) is 0 Å². The van der Waals surface area contributed by atoms with Crippen molar-refractivity contribution >= 4 is 8.07 Å². The van der Waals surface area contributed by atoms with E-state index in [9.17, 15) is 0 Å². The molecule has 0 radical (unpaired) electrons. The number of hydrogen-bond acceptors (Lipinski definition) is 0. The molecule has 0 aromatic heterocycles. The Labute approximate surface area is 240 Å². The Morgan fingerprint density at radius 2 is 1.24 bits per heavy atom. The summed E-state index contributed by atoms with van der Waals surface area (Å²) in [6.45, 7) is 27.5. The first kappa shape index (κ1) is 29.4. The van der Waals surface area contributed by atoms with E-state index in [4.69, 9.17) is 0 Å². The van der Waals surface area contributed by atoms with E-state index in [1.165, 1.54) is 38.1 Å². The molecule has 8 atom stereocenters. The van der Waals surface area contributed by atoms with Crippen LogP contribution in [0.4, 0.5) is 0 Å². The molecule has 0 aliphatic heterocycles. The number of rotatable bonds is 6. The van der Waals surface area contributed by atoms with Crippen molar-refractivity contribution in [2.45, 2.75) is 151 Å². The fourth-order valence-corrected chi connectivity index (χ4v) is 13.3. The van der Waals surface area contributed by atoms with Gasteiger partial charge in [-0.05, 0) is 153 Å². The van der Waals surface area contributed by atoms with Crippen molar-refractivity contribution in [3.8, 4) is 0 Å². The molecule has 5 fully saturated rings. The zero-order chi connectivity index (χ0) is 27.7. The maximum absolute atomic E-state index is 4.61. The highest BCUT2D eigenvalue weighted by molar-refractivity contribution is 6.76. The summed E-state index contributed by atoms with van der Waals surface area (Å²) >= 11 is 0. The van der Waals surface area contributed by atoms with Gasteiger partial charge in [-0.15, -0.1) is 6.58 Å². The number of allylic oxidation sites excluding steroid dienone is 1. The summed E-state index contributed by atoms with van der Waals surface area (Å²) in [5.74, 6) is 9.13. The van der Waals surface area contributed by atoms with Gasteiger partial charge < -0.3 is 0 Å². The van der Waals surface area contributed by atoms with E-state index in [0.29, 0.717) is 16.2 Å². The third-order valence-corrected chi connectivity index (χ3v) is 15.1. The zero-order valence-electron chi connectivity index (χ0n) is 27.3. The molecule has 0 aromatic carbocycles. The van der Waals surface area contributed by atoms with Crippen molar-refractivity contribution in [3.63, 3.8) is 0 Å². The maximum atomic E-state index is 4.61. The largest absolute Gasteiger partial charge is 0.100 e. The van der Waals surface area contributed by atoms with Crippen LogP contribution in [0.3, 0.4) is 0 Å². The first-order chi connectivity index (χ1) is 17.6. The molecular formula is C37H66Si. The molecule has 0 amide bonds. The van der Waals surface area contributed by atoms with E-state index in [-0.39, 0.29) is 0 Å². The molecule has 0 bridgehead atoms. The Bertz CT molecular complexity index is 803. The fourth-order valence-electron chi connectivity index (χ4n) is 11.7. The molecule has 5 saturated carbocycles. The zero-order valence-corrected chi connectivity index (χ0v) is 28.3. The first-order valence-corrected chi connectivity index (χ1v) is 21.0. The Kier molecular flexibility index (Phi) is 8.02. The monoisotopic (exact) mass is 538 g/mol. The van der Waals surface area contributed by atoms with Crippen LogP contribution in [0.1, 0.15) is 125 Å². The summed E-state index contributed by atoms with van der Waals surface area (Å²) in [6.07, 6.45) is 19.9. The molecular weight excluding hydrogens is 472 g/mol. The summed E-state index contributed by atoms with van der Waals surface area (Å²) in [5, 5.41) is 0. The van der Waals surface area contributed by atoms with E-state index >= 15 is 0 Å². The van der Waals surface area contributed by atoms with Gasteiger partial charge in [0.25, 0.3) is 0 Å². The molecule has 0 saturated heterocycles. The quantitative estimate of drug-likeness (QED) is 0.233. The summed E-state index contributed by atoms with van der Waals surface area (Å²) in [4.78, 5) is 0. The Balaban J connectivity index is 1.40. The van der Waals surface area contributed by atoms with Gasteiger partial charge in [0.1, 0.15) is 0 Å². The van der Waals surface area contributed by atoms with Crippen LogP contribution in [0.15, 0.2) is 12.2 Å². The standard InChI is InChI=1S/C37H66Si/c1-25(24-38(8,9)10)20-26-12-13-29(21-26)37(18-11-19-37)34-32-22-27(35(2,3)4)14-16-30(32)31-17-15-28(23-33(31)34)36(5,6)7/h26-34H,1,11-24H2,2-10H3. The fraction of sp³-hybridized carbons (Fsp3) is 0.946. The van der Waals surface area contributed by atoms with Crippen molar-refractivity contribution in [2.75, 3.05) is 0 Å². The summed E-state index contributed by atoms with van der Waals surface area (Å²) in [5.41, 5.74) is 3.27. The molecule has 8 unspecified atom stereocenters. The topological polar surface area (TPSA) is 0 Å². The third kappa shape index (κ3) is 5.68. The Morgan fingerprint density at radius 1 is 0.711 bits per heavy atom. The van der Waals surface area contributed by atoms with Crippen LogP contribution in [-0.4, -0.2) is 8.07 Å². The lowest BCUT2D eigenvalue weighted by atomic mass is 9.48. The molecule has 0 spiro atoms. The first-order valence-electron chi connectivity index (χ1n) is 17.2. The van der Waals surface area contributed by atoms with E-state index in [0.717, 1.165) is 53.3 Å². The predicted octanol–water partition coefficient (Wildman–Crippen LogP) is 11.6. The molecule has 0 nitrogen and oxygen atoms in total. The highest BCUT2D eigenvalue weighted by Gasteiger charge is 2.64. The highest BCUT2D eigenvalue weighted by Crippen LogP contribution is 2.71. The van der Waals surface area contributed by atoms with Gasteiger partial charge in [0.2, 0.25) is 0 Å². The van der Waals surface area contributed by atoms with Gasteiger partial charge in [0.15, 0.2) is 0 Å². The highest BCUT2D eigenvalue weighted by atomic mass is 28.3. The van der Waals surface area contributed by atoms with Crippen molar-refractivity contribution in [1.29, 1.82) is 0 Å². The third-order valence-electron chi connectivity index (χ3n) is 13.5. The number of hydrogen-bond donors (Lipinski definition) is 0. The lowest BCUT2D eigenvalue weighted by Gasteiger charge is -2.57. The molecule has 218 valence electrons. The molecule has 5 aliphatic carbocycles. The van der Waals surface area contributed by atoms with Crippen LogP contribution >= 0.6 is 0 Å². The van der Waals surface area contributed by atoms with Crippen molar-refractivity contribution in [3.05, 3.63) is 12.2 Å². The van der Waals surface area contributed by atoms with Crippen LogP contribution < -0.4 is 0 Å². The van der Waals surface area contributed by atoms with Gasteiger partial charge in [-0.2, -0.15) is 0 Å². The molecule has 0 N–H and O–H groups in total. The van der Waals surface area contributed by atoms with Crippen LogP contribution in [0, 0.1) is 69.5 Å². The van der Waals surface area contributed by atoms with Crippen molar-refractivity contribution in [2.24, 2.45) is 69.5 Å². The van der Waals surface area contributed by atoms with Gasteiger partial charge in [-0.1, -0.05) is 73.2 Å². The van der Waals surface area contributed by atoms with Crippen LogP contribution in [0.25, 0.3) is 0 Å². The normalized spacial score (nSPS) is 41.3. The lowest BCUT2D eigenvalue weighted by molar-refractivity contribution is -0.0796. The maximum Gasteiger partial charge on any atom is 0.0483 e. The van der Waals surface area contributed by atoms with Gasteiger partial charge in [0.05, 0.1) is 0 Å². The van der Waals surface area contributed by atoms with Gasteiger partial charge in [0, 0.05) is 8.07 Å². The molecule has 0 aromatic rings. The van der Waals surface area contributed by atoms with Crippen molar-refractivity contribution in [1.82, 2.24) is 0 Å². The Morgan fingerprint density at radius 3 is 1.66 bits per heavy atom. The predicted molar refractivity (Wildman–Crippen MR) is 170 cm³/mol. The molecule has 1 heteroatoms. The second kappa shape index (κ2) is 10.3. The molecule has 0 heterocycles. The molecule has 5 aliphatic rings. The minimum atomic E-state index is -1.05. The van der Waals surface area contributed by atoms with Gasteiger partial charge in [-0.3, -0.25) is 0 Å². The van der Waals surface area contributed by atoms with Crippen LogP contribution in [-0.2, 0) is 0 Å². The lowest BCUT2D eigenvalue weighted by Crippen LogP contribution is -2.49. The van der Waals surface area contributed by atoms with E-state index < -0.39 is 8.07 Å². The van der Waals surface area contributed by atoms with Crippen molar-refractivity contribution < 1.29 is 0 Å². The SMILES string of the molecule is C=C(CC1CCC(C2(C3C4CC(C(C)(C)C)CCC4C4CCC(C(C)(C)C)CC43)CCC2)C1)C[Si](C)(C)C. The second-order valence-electron chi connectivity index (χ2n) is 19.1. The summed E-state index contributed by atoms with van der Waals surface area (Å²) < 4.78 is 0. The Hall–Kier alpha value is -0.0431. The number of fused-ring (bicyclic) bond motifs is 3. The van der Waals surface area contributed by atoms with E-state index in [1.54, 1.807) is 56.9 Å². The average molecular weight is 539 g/mol. The smallest absolute Gasteiger partial charge is 0.0483 e. The van der Waals surface area contributed by atoms with E-state index in [1.807, 2.05) is 0 Å². The van der Waals surface area contributed by atoms with E-state index in [2.05, 4.69) is 67.8 Å². The molecule has 38 heavy (non-hydrogen) atoms. The summed E-state index contributed by atoms with van der Waals surface area (Å²) in [7, 11) is -1.05. The van der Waals surface area contributed by atoms with Gasteiger partial charge >= 0.3 is 0 Å². The summed E-state index contributed by atoms with van der Waals surface area (Å²) in [6, 6.07) is 1.35. The minimum absolute atomic E-state index is 0.485. The average Bonchev–Trinajstić information content (AvgIpc) is 3.33. The molecule has 5 rings (SSSR count). The van der Waals surface area contributed by atoms with Crippen LogP contribution in [0.2, 0.25) is 25.7 Å². The minimum Gasteiger partial charge on any atom is -0.100 e.